The zero-order chi connectivity index (χ0) is 13.5. The summed E-state index contributed by atoms with van der Waals surface area (Å²) in [7, 11) is 0. The summed E-state index contributed by atoms with van der Waals surface area (Å²) in [5.41, 5.74) is 0.816. The molecule has 0 aliphatic heterocycles. The molecule has 0 bridgehead atoms. The van der Waals surface area contributed by atoms with Gasteiger partial charge in [0, 0.05) is 21.8 Å². The van der Waals surface area contributed by atoms with Crippen molar-refractivity contribution in [1.29, 1.82) is 0 Å². The van der Waals surface area contributed by atoms with Crippen LogP contribution in [0.2, 0.25) is 0 Å². The average Bonchev–Trinajstić information content (AvgIpc) is 2.36. The standard InChI is InChI=1S/C15H24FNS/c1-5-10-17-12(4)15-13(16)8-7-9-14(15)18-11(3)6-2/h7-9,11-12,17H,5-6,10H2,1-4H3. The van der Waals surface area contributed by atoms with E-state index in [0.29, 0.717) is 5.25 Å². The normalized spacial score (nSPS) is 14.5. The van der Waals surface area contributed by atoms with E-state index in [2.05, 4.69) is 26.1 Å². The predicted octanol–water partition coefficient (Wildman–Crippen LogP) is 4.78. The molecule has 2 atom stereocenters. The molecule has 0 aromatic heterocycles. The molecule has 1 aromatic carbocycles. The molecular weight excluding hydrogens is 245 g/mol. The Hall–Kier alpha value is -0.540. The fourth-order valence-electron chi connectivity index (χ4n) is 1.80. The molecule has 0 heterocycles. The first-order valence-corrected chi connectivity index (χ1v) is 7.66. The van der Waals surface area contributed by atoms with Gasteiger partial charge in [0.25, 0.3) is 0 Å². The number of benzene rings is 1. The topological polar surface area (TPSA) is 12.0 Å². The quantitative estimate of drug-likeness (QED) is 0.715. The Morgan fingerprint density at radius 2 is 2.00 bits per heavy atom. The smallest absolute Gasteiger partial charge is 0.129 e. The van der Waals surface area contributed by atoms with Gasteiger partial charge in [-0.15, -0.1) is 11.8 Å². The summed E-state index contributed by atoms with van der Waals surface area (Å²) in [6.07, 6.45) is 2.16. The minimum absolute atomic E-state index is 0.0673. The number of hydrogen-bond acceptors (Lipinski definition) is 2. The van der Waals surface area contributed by atoms with Gasteiger partial charge in [-0.1, -0.05) is 26.8 Å². The van der Waals surface area contributed by atoms with Crippen LogP contribution in [0.3, 0.4) is 0 Å². The van der Waals surface area contributed by atoms with Crippen molar-refractivity contribution in [3.63, 3.8) is 0 Å². The van der Waals surface area contributed by atoms with Crippen molar-refractivity contribution in [1.82, 2.24) is 5.32 Å². The highest BCUT2D eigenvalue weighted by atomic mass is 32.2. The van der Waals surface area contributed by atoms with Crippen LogP contribution in [0.5, 0.6) is 0 Å². The lowest BCUT2D eigenvalue weighted by Crippen LogP contribution is -2.21. The van der Waals surface area contributed by atoms with Crippen LogP contribution in [0, 0.1) is 5.82 Å². The molecular formula is C15H24FNS. The zero-order valence-corrected chi connectivity index (χ0v) is 12.6. The number of halogens is 1. The minimum Gasteiger partial charge on any atom is -0.310 e. The molecule has 1 nitrogen and oxygen atoms in total. The maximum atomic E-state index is 14.0. The summed E-state index contributed by atoms with van der Waals surface area (Å²) in [5, 5.41) is 3.89. The molecule has 0 aliphatic rings. The Morgan fingerprint density at radius 3 is 2.61 bits per heavy atom. The van der Waals surface area contributed by atoms with E-state index in [4.69, 9.17) is 0 Å². The maximum absolute atomic E-state index is 14.0. The van der Waals surface area contributed by atoms with E-state index in [9.17, 15) is 4.39 Å². The molecule has 0 aliphatic carbocycles. The molecule has 0 radical (unpaired) electrons. The van der Waals surface area contributed by atoms with Crippen LogP contribution in [-0.2, 0) is 0 Å². The lowest BCUT2D eigenvalue weighted by atomic mass is 10.1. The van der Waals surface area contributed by atoms with Crippen molar-refractivity contribution in [2.75, 3.05) is 6.54 Å². The lowest BCUT2D eigenvalue weighted by molar-refractivity contribution is 0.518. The molecule has 1 rings (SSSR count). The van der Waals surface area contributed by atoms with Crippen LogP contribution in [0.1, 0.15) is 52.1 Å². The predicted molar refractivity (Wildman–Crippen MR) is 78.7 cm³/mol. The van der Waals surface area contributed by atoms with Gasteiger partial charge in [-0.3, -0.25) is 0 Å². The van der Waals surface area contributed by atoms with Crippen molar-refractivity contribution < 1.29 is 4.39 Å². The minimum atomic E-state index is -0.0978. The van der Waals surface area contributed by atoms with Crippen LogP contribution in [-0.4, -0.2) is 11.8 Å². The first-order valence-electron chi connectivity index (χ1n) is 6.78. The van der Waals surface area contributed by atoms with Gasteiger partial charge in [0.1, 0.15) is 5.82 Å². The number of hydrogen-bond donors (Lipinski definition) is 1. The van der Waals surface area contributed by atoms with Crippen molar-refractivity contribution in [2.45, 2.75) is 56.7 Å². The average molecular weight is 269 g/mol. The van der Waals surface area contributed by atoms with Gasteiger partial charge < -0.3 is 5.32 Å². The van der Waals surface area contributed by atoms with Gasteiger partial charge in [0.2, 0.25) is 0 Å². The molecule has 3 heteroatoms. The van der Waals surface area contributed by atoms with Crippen LogP contribution in [0.15, 0.2) is 23.1 Å². The number of rotatable bonds is 7. The second-order valence-electron chi connectivity index (χ2n) is 4.66. The van der Waals surface area contributed by atoms with Gasteiger partial charge in [-0.2, -0.15) is 0 Å². The fraction of sp³-hybridized carbons (Fsp3) is 0.600. The summed E-state index contributed by atoms with van der Waals surface area (Å²) < 4.78 is 14.0. The van der Waals surface area contributed by atoms with Crippen LogP contribution < -0.4 is 5.32 Å². The third-order valence-electron chi connectivity index (χ3n) is 3.05. The lowest BCUT2D eigenvalue weighted by Gasteiger charge is -2.19. The van der Waals surface area contributed by atoms with E-state index in [1.165, 1.54) is 0 Å². The highest BCUT2D eigenvalue weighted by Gasteiger charge is 2.16. The molecule has 0 saturated heterocycles. The van der Waals surface area contributed by atoms with Crippen molar-refractivity contribution in [2.24, 2.45) is 0 Å². The van der Waals surface area contributed by atoms with E-state index < -0.39 is 0 Å². The summed E-state index contributed by atoms with van der Waals surface area (Å²) in [6, 6.07) is 5.45. The Labute approximate surface area is 115 Å². The number of thioether (sulfide) groups is 1. The Kier molecular flexibility index (Phi) is 6.72. The van der Waals surface area contributed by atoms with E-state index in [1.807, 2.05) is 13.0 Å². The number of nitrogens with one attached hydrogen (secondary N) is 1. The fourth-order valence-corrected chi connectivity index (χ4v) is 2.96. The summed E-state index contributed by atoms with van der Waals surface area (Å²) >= 11 is 1.77. The second-order valence-corrected chi connectivity index (χ2v) is 6.14. The molecule has 102 valence electrons. The highest BCUT2D eigenvalue weighted by molar-refractivity contribution is 8.00. The Balaban J connectivity index is 2.92. The molecule has 0 amide bonds. The van der Waals surface area contributed by atoms with E-state index >= 15 is 0 Å². The summed E-state index contributed by atoms with van der Waals surface area (Å²) in [5.74, 6) is -0.0978. The van der Waals surface area contributed by atoms with E-state index in [1.54, 1.807) is 23.9 Å². The Morgan fingerprint density at radius 1 is 1.28 bits per heavy atom. The van der Waals surface area contributed by atoms with Gasteiger partial charge in [0.15, 0.2) is 0 Å². The molecule has 0 fully saturated rings. The first kappa shape index (κ1) is 15.5. The van der Waals surface area contributed by atoms with Crippen LogP contribution in [0.4, 0.5) is 4.39 Å². The van der Waals surface area contributed by atoms with Gasteiger partial charge >= 0.3 is 0 Å². The van der Waals surface area contributed by atoms with Gasteiger partial charge in [0.05, 0.1) is 0 Å². The van der Waals surface area contributed by atoms with Crippen molar-refractivity contribution >= 4 is 11.8 Å². The third kappa shape index (κ3) is 4.29. The van der Waals surface area contributed by atoms with Crippen LogP contribution in [0.25, 0.3) is 0 Å². The first-order chi connectivity index (χ1) is 8.60. The third-order valence-corrected chi connectivity index (χ3v) is 4.40. The van der Waals surface area contributed by atoms with E-state index in [-0.39, 0.29) is 11.9 Å². The highest BCUT2D eigenvalue weighted by Crippen LogP contribution is 2.33. The van der Waals surface area contributed by atoms with Gasteiger partial charge in [-0.25, -0.2) is 4.39 Å². The second kappa shape index (κ2) is 7.80. The molecule has 1 N–H and O–H groups in total. The van der Waals surface area contributed by atoms with Crippen molar-refractivity contribution in [3.8, 4) is 0 Å². The SMILES string of the molecule is CCCNC(C)c1c(F)cccc1SC(C)CC. The summed E-state index contributed by atoms with van der Waals surface area (Å²) in [4.78, 5) is 1.07. The largest absolute Gasteiger partial charge is 0.310 e. The molecule has 0 spiro atoms. The molecule has 2 unspecified atom stereocenters. The molecule has 0 saturated carbocycles. The van der Waals surface area contributed by atoms with Gasteiger partial charge in [-0.05, 0) is 38.4 Å². The molecule has 18 heavy (non-hydrogen) atoms. The monoisotopic (exact) mass is 269 g/mol. The van der Waals surface area contributed by atoms with E-state index in [0.717, 1.165) is 29.8 Å². The maximum Gasteiger partial charge on any atom is 0.129 e. The summed E-state index contributed by atoms with van der Waals surface area (Å²) in [6.45, 7) is 9.42. The Bertz CT molecular complexity index is 368. The van der Waals surface area contributed by atoms with Crippen molar-refractivity contribution in [3.05, 3.63) is 29.6 Å². The van der Waals surface area contributed by atoms with Crippen LogP contribution >= 0.6 is 11.8 Å². The molecule has 1 aromatic rings. The zero-order valence-electron chi connectivity index (χ0n) is 11.8.